The second-order valence-electron chi connectivity index (χ2n) is 7.46. The lowest BCUT2D eigenvalue weighted by Gasteiger charge is -2.36. The monoisotopic (exact) mass is 391 g/mol. The highest BCUT2D eigenvalue weighted by Crippen LogP contribution is 2.28. The van der Waals surface area contributed by atoms with Gasteiger partial charge in [-0.15, -0.1) is 5.10 Å². The van der Waals surface area contributed by atoms with Crippen molar-refractivity contribution in [2.24, 2.45) is 0 Å². The Labute approximate surface area is 172 Å². The molecule has 0 aliphatic carbocycles. The topological polar surface area (TPSA) is 53.5 Å². The van der Waals surface area contributed by atoms with E-state index in [1.807, 2.05) is 25.1 Å². The first-order valence-electron chi connectivity index (χ1n) is 10.3. The summed E-state index contributed by atoms with van der Waals surface area (Å²) in [6.07, 6.45) is 1.08. The minimum atomic E-state index is 0.882. The number of rotatable bonds is 7. The molecule has 0 bridgehead atoms. The summed E-state index contributed by atoms with van der Waals surface area (Å²) in [5.41, 5.74) is 2.17. The van der Waals surface area contributed by atoms with E-state index < -0.39 is 0 Å². The molecule has 29 heavy (non-hydrogen) atoms. The number of benzene rings is 2. The Morgan fingerprint density at radius 2 is 1.66 bits per heavy atom. The van der Waals surface area contributed by atoms with E-state index in [-0.39, 0.29) is 0 Å². The summed E-state index contributed by atoms with van der Waals surface area (Å²) in [4.78, 5) is 4.95. The molecule has 0 spiro atoms. The maximum atomic E-state index is 5.51. The van der Waals surface area contributed by atoms with Crippen LogP contribution >= 0.6 is 0 Å². The number of nitrogens with zero attached hydrogens (tertiary/aromatic N) is 4. The van der Waals surface area contributed by atoms with Crippen LogP contribution in [0.3, 0.4) is 0 Å². The van der Waals surface area contributed by atoms with Gasteiger partial charge in [-0.3, -0.25) is 4.90 Å². The summed E-state index contributed by atoms with van der Waals surface area (Å²) >= 11 is 0. The van der Waals surface area contributed by atoms with Crippen LogP contribution in [0.15, 0.2) is 48.5 Å². The first-order chi connectivity index (χ1) is 14.3. The average Bonchev–Trinajstić information content (AvgIpc) is 2.78. The van der Waals surface area contributed by atoms with E-state index in [4.69, 9.17) is 4.74 Å². The number of anilines is 2. The Balaban J connectivity index is 1.25. The van der Waals surface area contributed by atoms with Crippen LogP contribution in [0.25, 0.3) is 10.8 Å². The summed E-state index contributed by atoms with van der Waals surface area (Å²) in [7, 11) is 1.74. The van der Waals surface area contributed by atoms with Gasteiger partial charge in [-0.25, -0.2) is 0 Å². The number of hydrogen-bond acceptors (Lipinski definition) is 6. The molecule has 2 heterocycles. The van der Waals surface area contributed by atoms with E-state index in [1.165, 1.54) is 5.69 Å². The zero-order valence-corrected chi connectivity index (χ0v) is 17.3. The summed E-state index contributed by atoms with van der Waals surface area (Å²) in [6, 6.07) is 16.6. The van der Waals surface area contributed by atoms with Gasteiger partial charge in [-0.1, -0.05) is 36.4 Å². The summed E-state index contributed by atoms with van der Waals surface area (Å²) < 4.78 is 5.51. The highest BCUT2D eigenvalue weighted by Gasteiger charge is 2.19. The molecular formula is C23H29N5O. The van der Waals surface area contributed by atoms with Crippen LogP contribution in [-0.4, -0.2) is 61.5 Å². The zero-order valence-electron chi connectivity index (χ0n) is 17.3. The maximum Gasteiger partial charge on any atom is 0.156 e. The lowest BCUT2D eigenvalue weighted by atomic mass is 10.1. The molecule has 152 valence electrons. The number of methoxy groups -OCH3 is 1. The molecule has 3 aromatic rings. The Morgan fingerprint density at radius 3 is 2.45 bits per heavy atom. The number of aryl methyl sites for hydroxylation is 1. The van der Waals surface area contributed by atoms with Crippen molar-refractivity contribution < 1.29 is 4.74 Å². The van der Waals surface area contributed by atoms with Crippen molar-refractivity contribution in [1.29, 1.82) is 0 Å². The fourth-order valence-electron chi connectivity index (χ4n) is 3.98. The lowest BCUT2D eigenvalue weighted by Crippen LogP contribution is -2.46. The first-order valence-corrected chi connectivity index (χ1v) is 10.3. The molecule has 1 fully saturated rings. The molecule has 1 aromatic heterocycles. The Bertz CT molecular complexity index is 953. The van der Waals surface area contributed by atoms with Gasteiger partial charge in [0.1, 0.15) is 5.75 Å². The molecule has 1 saturated heterocycles. The third-order valence-electron chi connectivity index (χ3n) is 5.61. The average molecular weight is 392 g/mol. The Kier molecular flexibility index (Phi) is 6.10. The van der Waals surface area contributed by atoms with Crippen molar-refractivity contribution >= 4 is 22.3 Å². The summed E-state index contributed by atoms with van der Waals surface area (Å²) in [5, 5.41) is 14.4. The number of fused-ring (bicyclic) bond motifs is 1. The van der Waals surface area contributed by atoms with Gasteiger partial charge in [-0.2, -0.15) is 5.10 Å². The zero-order chi connectivity index (χ0) is 20.1. The Hall–Kier alpha value is -2.86. The predicted molar refractivity (Wildman–Crippen MR) is 119 cm³/mol. The molecule has 0 amide bonds. The fourth-order valence-corrected chi connectivity index (χ4v) is 3.98. The van der Waals surface area contributed by atoms with Crippen LogP contribution in [0.1, 0.15) is 12.1 Å². The molecule has 6 nitrogen and oxygen atoms in total. The van der Waals surface area contributed by atoms with E-state index in [1.54, 1.807) is 7.11 Å². The highest BCUT2D eigenvalue weighted by molar-refractivity contribution is 5.92. The Morgan fingerprint density at radius 1 is 0.931 bits per heavy atom. The first kappa shape index (κ1) is 19.5. The van der Waals surface area contributed by atoms with Crippen molar-refractivity contribution in [2.45, 2.75) is 13.3 Å². The van der Waals surface area contributed by atoms with Gasteiger partial charge in [0, 0.05) is 43.5 Å². The molecule has 6 heteroatoms. The van der Waals surface area contributed by atoms with Gasteiger partial charge in [0.25, 0.3) is 0 Å². The fraction of sp³-hybridized carbons (Fsp3) is 0.391. The number of para-hydroxylation sites is 2. The predicted octanol–water partition coefficient (Wildman–Crippen LogP) is 3.57. The number of aromatic nitrogens is 2. The molecule has 2 aromatic carbocycles. The third kappa shape index (κ3) is 4.43. The molecule has 1 aliphatic rings. The minimum absolute atomic E-state index is 0.882. The minimum Gasteiger partial charge on any atom is -0.495 e. The van der Waals surface area contributed by atoms with Crippen LogP contribution in [0.4, 0.5) is 11.5 Å². The van der Waals surface area contributed by atoms with E-state index in [2.05, 4.69) is 55.6 Å². The quantitative estimate of drug-likeness (QED) is 0.622. The van der Waals surface area contributed by atoms with Gasteiger partial charge in [0.05, 0.1) is 18.5 Å². The molecule has 0 saturated carbocycles. The summed E-state index contributed by atoms with van der Waals surface area (Å²) in [6.45, 7) is 8.20. The standard InChI is InChI=1S/C23H29N5O/c1-18-19-8-3-4-9-20(19)23(26-25-18)24-12-7-13-27-14-16-28(17-15-27)21-10-5-6-11-22(21)29-2/h3-6,8-11H,7,12-17H2,1-2H3,(H,24,26). The third-order valence-corrected chi connectivity index (χ3v) is 5.61. The molecule has 0 radical (unpaired) electrons. The van der Waals surface area contributed by atoms with Crippen molar-refractivity contribution in [3.05, 3.63) is 54.2 Å². The normalized spacial score (nSPS) is 14.9. The smallest absolute Gasteiger partial charge is 0.156 e. The van der Waals surface area contributed by atoms with E-state index in [0.29, 0.717) is 0 Å². The molecule has 1 aliphatic heterocycles. The highest BCUT2D eigenvalue weighted by atomic mass is 16.5. The molecule has 0 atom stereocenters. The van der Waals surface area contributed by atoms with Crippen LogP contribution in [0, 0.1) is 6.92 Å². The number of piperazine rings is 1. The van der Waals surface area contributed by atoms with Crippen molar-refractivity contribution in [2.75, 3.05) is 56.6 Å². The number of hydrogen-bond donors (Lipinski definition) is 1. The van der Waals surface area contributed by atoms with Crippen molar-refractivity contribution in [3.63, 3.8) is 0 Å². The SMILES string of the molecule is COc1ccccc1N1CCN(CCCNc2nnc(C)c3ccccc23)CC1. The molecule has 0 unspecified atom stereocenters. The number of nitrogens with one attached hydrogen (secondary N) is 1. The molecule has 4 rings (SSSR count). The van der Waals surface area contributed by atoms with Crippen LogP contribution < -0.4 is 15.0 Å². The van der Waals surface area contributed by atoms with Crippen LogP contribution in [0.5, 0.6) is 5.75 Å². The van der Waals surface area contributed by atoms with E-state index >= 15 is 0 Å². The maximum absolute atomic E-state index is 5.51. The largest absolute Gasteiger partial charge is 0.495 e. The lowest BCUT2D eigenvalue weighted by molar-refractivity contribution is 0.256. The van der Waals surface area contributed by atoms with Crippen LogP contribution in [0.2, 0.25) is 0 Å². The summed E-state index contributed by atoms with van der Waals surface area (Å²) in [5.74, 6) is 1.84. The second-order valence-corrected chi connectivity index (χ2v) is 7.46. The van der Waals surface area contributed by atoms with Crippen LogP contribution in [-0.2, 0) is 0 Å². The number of ether oxygens (including phenoxy) is 1. The van der Waals surface area contributed by atoms with E-state index in [9.17, 15) is 0 Å². The van der Waals surface area contributed by atoms with Crippen molar-refractivity contribution in [1.82, 2.24) is 15.1 Å². The van der Waals surface area contributed by atoms with Gasteiger partial charge in [0.2, 0.25) is 0 Å². The second kappa shape index (κ2) is 9.09. The van der Waals surface area contributed by atoms with Crippen molar-refractivity contribution in [3.8, 4) is 5.75 Å². The van der Waals surface area contributed by atoms with Gasteiger partial charge in [-0.05, 0) is 32.0 Å². The van der Waals surface area contributed by atoms with Gasteiger partial charge >= 0.3 is 0 Å². The van der Waals surface area contributed by atoms with E-state index in [0.717, 1.165) is 73.7 Å². The molecule has 1 N–H and O–H groups in total. The van der Waals surface area contributed by atoms with Gasteiger partial charge < -0.3 is 15.0 Å². The molecular weight excluding hydrogens is 362 g/mol. The van der Waals surface area contributed by atoms with Gasteiger partial charge in [0.15, 0.2) is 5.82 Å².